The molecule has 1 rings (SSSR count). The smallest absolute Gasteiger partial charge is 0.407 e. The molecule has 0 saturated carbocycles. The minimum absolute atomic E-state index is 0.0476. The predicted molar refractivity (Wildman–Crippen MR) is 107 cm³/mol. The Labute approximate surface area is 171 Å². The van der Waals surface area contributed by atoms with E-state index in [-0.39, 0.29) is 13.0 Å². The number of hydrogen-bond donors (Lipinski definition) is 2. The van der Waals surface area contributed by atoms with Crippen LogP contribution in [0.3, 0.4) is 0 Å². The summed E-state index contributed by atoms with van der Waals surface area (Å²) < 4.78 is 20.9. The van der Waals surface area contributed by atoms with Crippen LogP contribution in [0, 0.1) is 0 Å². The standard InChI is InChI=1S/C20H30N2O7/c1-6-26-15-9-8-14(12-16(15)27-7-2)22-17(23)13-28-18(24)10-11-21-19(25)29-20(3,4)5/h8-9,12H,6-7,10-11,13H2,1-5H3,(H,21,25)(H,22,23). The van der Waals surface area contributed by atoms with E-state index in [0.717, 1.165) is 0 Å². The highest BCUT2D eigenvalue weighted by atomic mass is 16.6. The SMILES string of the molecule is CCOc1ccc(NC(=O)COC(=O)CCNC(=O)OC(C)(C)C)cc1OCC. The number of nitrogens with one attached hydrogen (secondary N) is 2. The van der Waals surface area contributed by atoms with Gasteiger partial charge in [-0.1, -0.05) is 0 Å². The molecule has 29 heavy (non-hydrogen) atoms. The molecule has 9 nitrogen and oxygen atoms in total. The third-order valence-corrected chi connectivity index (χ3v) is 3.19. The van der Waals surface area contributed by atoms with Gasteiger partial charge in [0.05, 0.1) is 19.6 Å². The Morgan fingerprint density at radius 3 is 2.28 bits per heavy atom. The molecule has 1 aromatic rings. The average molecular weight is 410 g/mol. The summed E-state index contributed by atoms with van der Waals surface area (Å²) in [6, 6.07) is 5.00. The molecule has 0 unspecified atom stereocenters. The zero-order valence-electron chi connectivity index (χ0n) is 17.6. The topological polar surface area (TPSA) is 112 Å². The number of alkyl carbamates (subject to hydrolysis) is 1. The molecule has 0 fully saturated rings. The van der Waals surface area contributed by atoms with E-state index in [0.29, 0.717) is 30.4 Å². The molecule has 0 heterocycles. The first-order valence-electron chi connectivity index (χ1n) is 9.46. The lowest BCUT2D eigenvalue weighted by atomic mass is 10.2. The van der Waals surface area contributed by atoms with E-state index >= 15 is 0 Å². The van der Waals surface area contributed by atoms with Crippen molar-refractivity contribution >= 4 is 23.7 Å². The Balaban J connectivity index is 2.40. The van der Waals surface area contributed by atoms with Crippen LogP contribution >= 0.6 is 0 Å². The molecular weight excluding hydrogens is 380 g/mol. The van der Waals surface area contributed by atoms with Crippen molar-refractivity contribution in [3.63, 3.8) is 0 Å². The summed E-state index contributed by atoms with van der Waals surface area (Å²) in [5.41, 5.74) is -0.129. The fourth-order valence-electron chi connectivity index (χ4n) is 2.12. The Kier molecular flexibility index (Phi) is 9.78. The summed E-state index contributed by atoms with van der Waals surface area (Å²) in [5, 5.41) is 5.07. The Morgan fingerprint density at radius 1 is 1.00 bits per heavy atom. The minimum Gasteiger partial charge on any atom is -0.490 e. The molecule has 0 aliphatic rings. The molecule has 2 amide bonds. The molecule has 162 valence electrons. The molecule has 0 aliphatic heterocycles. The van der Waals surface area contributed by atoms with E-state index in [2.05, 4.69) is 10.6 Å². The van der Waals surface area contributed by atoms with Gasteiger partial charge in [-0.25, -0.2) is 4.79 Å². The van der Waals surface area contributed by atoms with Crippen LogP contribution in [0.4, 0.5) is 10.5 Å². The molecule has 1 aromatic carbocycles. The number of amides is 2. The third kappa shape index (κ3) is 10.2. The maximum absolute atomic E-state index is 12.0. The highest BCUT2D eigenvalue weighted by Gasteiger charge is 2.16. The second-order valence-electron chi connectivity index (χ2n) is 6.92. The van der Waals surface area contributed by atoms with E-state index in [1.54, 1.807) is 39.0 Å². The largest absolute Gasteiger partial charge is 0.490 e. The van der Waals surface area contributed by atoms with Gasteiger partial charge >= 0.3 is 12.1 Å². The first-order valence-corrected chi connectivity index (χ1v) is 9.46. The van der Waals surface area contributed by atoms with Crippen LogP contribution in [0.5, 0.6) is 11.5 Å². The van der Waals surface area contributed by atoms with Crippen LogP contribution in [0.1, 0.15) is 41.0 Å². The fraction of sp³-hybridized carbons (Fsp3) is 0.550. The molecule has 9 heteroatoms. The van der Waals surface area contributed by atoms with Crippen LogP contribution < -0.4 is 20.1 Å². The summed E-state index contributed by atoms with van der Waals surface area (Å²) in [5.74, 6) is -0.0170. The van der Waals surface area contributed by atoms with E-state index in [1.807, 2.05) is 13.8 Å². The monoisotopic (exact) mass is 410 g/mol. The van der Waals surface area contributed by atoms with Gasteiger partial charge in [-0.3, -0.25) is 9.59 Å². The van der Waals surface area contributed by atoms with Crippen molar-refractivity contribution in [2.24, 2.45) is 0 Å². The number of esters is 1. The van der Waals surface area contributed by atoms with E-state index in [9.17, 15) is 14.4 Å². The van der Waals surface area contributed by atoms with Gasteiger partial charge < -0.3 is 29.6 Å². The zero-order chi connectivity index (χ0) is 21.9. The van der Waals surface area contributed by atoms with Crippen molar-refractivity contribution in [2.45, 2.75) is 46.6 Å². The molecule has 0 radical (unpaired) electrons. The van der Waals surface area contributed by atoms with E-state index in [1.165, 1.54) is 0 Å². The van der Waals surface area contributed by atoms with Crippen LogP contribution in [0.25, 0.3) is 0 Å². The third-order valence-electron chi connectivity index (χ3n) is 3.19. The normalized spacial score (nSPS) is 10.7. The van der Waals surface area contributed by atoms with Gasteiger partial charge in [0, 0.05) is 18.3 Å². The van der Waals surface area contributed by atoms with Crippen molar-refractivity contribution in [3.05, 3.63) is 18.2 Å². The van der Waals surface area contributed by atoms with Crippen LogP contribution in [-0.4, -0.2) is 49.9 Å². The Bertz CT molecular complexity index is 699. The lowest BCUT2D eigenvalue weighted by molar-refractivity contribution is -0.147. The average Bonchev–Trinajstić information content (AvgIpc) is 2.61. The van der Waals surface area contributed by atoms with Crippen molar-refractivity contribution in [3.8, 4) is 11.5 Å². The molecule has 2 N–H and O–H groups in total. The summed E-state index contributed by atoms with van der Waals surface area (Å²) in [6.45, 7) is 9.47. The number of hydrogen-bond acceptors (Lipinski definition) is 7. The molecule has 0 saturated heterocycles. The lowest BCUT2D eigenvalue weighted by Crippen LogP contribution is -2.34. The molecule has 0 atom stereocenters. The first kappa shape index (κ1) is 24.1. The van der Waals surface area contributed by atoms with Gasteiger partial charge in [0.25, 0.3) is 5.91 Å². The van der Waals surface area contributed by atoms with Gasteiger partial charge in [-0.15, -0.1) is 0 Å². The Hall–Kier alpha value is -2.97. The highest BCUT2D eigenvalue weighted by molar-refractivity contribution is 5.93. The zero-order valence-corrected chi connectivity index (χ0v) is 17.6. The molecule has 0 aliphatic carbocycles. The summed E-state index contributed by atoms with van der Waals surface area (Å²) in [7, 11) is 0. The van der Waals surface area contributed by atoms with Crippen LogP contribution in [-0.2, 0) is 19.1 Å². The van der Waals surface area contributed by atoms with Crippen molar-refractivity contribution in [1.82, 2.24) is 5.32 Å². The van der Waals surface area contributed by atoms with Crippen molar-refractivity contribution in [2.75, 3.05) is 31.7 Å². The van der Waals surface area contributed by atoms with E-state index < -0.39 is 30.2 Å². The summed E-state index contributed by atoms with van der Waals surface area (Å²) in [6.07, 6.45) is -0.701. The van der Waals surface area contributed by atoms with Crippen molar-refractivity contribution in [1.29, 1.82) is 0 Å². The molecule has 0 aromatic heterocycles. The minimum atomic E-state index is -0.622. The molecule has 0 spiro atoms. The molecule has 0 bridgehead atoms. The van der Waals surface area contributed by atoms with Gasteiger partial charge in [-0.2, -0.15) is 0 Å². The highest BCUT2D eigenvalue weighted by Crippen LogP contribution is 2.30. The Morgan fingerprint density at radius 2 is 1.66 bits per heavy atom. The van der Waals surface area contributed by atoms with E-state index in [4.69, 9.17) is 18.9 Å². The van der Waals surface area contributed by atoms with Gasteiger partial charge in [0.1, 0.15) is 5.60 Å². The van der Waals surface area contributed by atoms with Crippen LogP contribution in [0.2, 0.25) is 0 Å². The second-order valence-corrected chi connectivity index (χ2v) is 6.92. The lowest BCUT2D eigenvalue weighted by Gasteiger charge is -2.19. The summed E-state index contributed by atoms with van der Waals surface area (Å²) >= 11 is 0. The first-order chi connectivity index (χ1) is 13.6. The van der Waals surface area contributed by atoms with Gasteiger partial charge in [0.15, 0.2) is 18.1 Å². The fourth-order valence-corrected chi connectivity index (χ4v) is 2.12. The maximum Gasteiger partial charge on any atom is 0.407 e. The number of benzene rings is 1. The molecular formula is C20H30N2O7. The van der Waals surface area contributed by atoms with Gasteiger partial charge in [0.2, 0.25) is 0 Å². The van der Waals surface area contributed by atoms with Crippen LogP contribution in [0.15, 0.2) is 18.2 Å². The quantitative estimate of drug-likeness (QED) is 0.570. The summed E-state index contributed by atoms with van der Waals surface area (Å²) in [4.78, 5) is 35.2. The number of rotatable bonds is 10. The second kappa shape index (κ2) is 11.8. The number of carbonyl (C=O) groups is 3. The number of carbonyl (C=O) groups excluding carboxylic acids is 3. The number of ether oxygens (including phenoxy) is 4. The predicted octanol–water partition coefficient (Wildman–Crippen LogP) is 2.88. The van der Waals surface area contributed by atoms with Crippen molar-refractivity contribution < 1.29 is 33.3 Å². The maximum atomic E-state index is 12.0. The number of anilines is 1. The van der Waals surface area contributed by atoms with Gasteiger partial charge in [-0.05, 0) is 46.8 Å².